The number of aromatic nitrogens is 1. The van der Waals surface area contributed by atoms with Crippen molar-refractivity contribution < 1.29 is 19.1 Å². The Morgan fingerprint density at radius 1 is 1.25 bits per heavy atom. The molecule has 24 heavy (non-hydrogen) atoms. The second-order valence-electron chi connectivity index (χ2n) is 4.97. The molecule has 0 unspecified atom stereocenters. The van der Waals surface area contributed by atoms with E-state index in [1.165, 1.54) is 0 Å². The number of hydrogen-bond donors (Lipinski definition) is 1. The zero-order chi connectivity index (χ0) is 16.8. The van der Waals surface area contributed by atoms with Crippen LogP contribution in [0, 0.1) is 0 Å². The number of carbonyl (C=O) groups is 2. The van der Waals surface area contributed by atoms with Crippen molar-refractivity contribution >= 4 is 45.6 Å². The molecule has 0 aliphatic rings. The summed E-state index contributed by atoms with van der Waals surface area (Å²) in [7, 11) is 0. The van der Waals surface area contributed by atoms with Crippen molar-refractivity contribution in [2.24, 2.45) is 0 Å². The molecule has 1 N–H and O–H groups in total. The van der Waals surface area contributed by atoms with Crippen LogP contribution in [0.5, 0.6) is 5.75 Å². The zero-order valence-electron chi connectivity index (χ0n) is 13.6. The van der Waals surface area contributed by atoms with Gasteiger partial charge in [0.2, 0.25) is 0 Å². The molecule has 0 atom stereocenters. The molecule has 0 aliphatic carbocycles. The summed E-state index contributed by atoms with van der Waals surface area (Å²) in [5, 5.41) is 2.89. The summed E-state index contributed by atoms with van der Waals surface area (Å²) >= 11 is 1.03. The highest BCUT2D eigenvalue weighted by molar-refractivity contribution is 8.93. The summed E-state index contributed by atoms with van der Waals surface area (Å²) in [5.74, 6) is -0.0532. The van der Waals surface area contributed by atoms with E-state index in [2.05, 4.69) is 9.69 Å². The number of para-hydroxylation sites is 1. The predicted octanol–water partition coefficient (Wildman–Crippen LogP) is 4.63. The van der Waals surface area contributed by atoms with Gasteiger partial charge in [-0.05, 0) is 36.5 Å². The monoisotopic (exact) mass is 414 g/mol. The minimum atomic E-state index is -0.680. The summed E-state index contributed by atoms with van der Waals surface area (Å²) in [6.45, 7) is 5.82. The van der Waals surface area contributed by atoms with E-state index < -0.39 is 12.1 Å². The molecule has 1 amide bonds. The number of hydrogen-bond acceptors (Lipinski definition) is 6. The molecule has 0 aliphatic heterocycles. The van der Waals surface area contributed by atoms with Crippen molar-refractivity contribution in [2.75, 3.05) is 11.9 Å². The maximum atomic E-state index is 12.1. The van der Waals surface area contributed by atoms with Crippen molar-refractivity contribution in [1.29, 1.82) is 0 Å². The van der Waals surface area contributed by atoms with Gasteiger partial charge in [0.25, 0.3) is 0 Å². The normalized spacial score (nSPS) is 10.0. The first kappa shape index (κ1) is 20.1. The Kier molecular flexibility index (Phi) is 7.87. The molecule has 2 aromatic rings. The topological polar surface area (TPSA) is 77.5 Å². The van der Waals surface area contributed by atoms with Crippen LogP contribution in [0.4, 0.5) is 9.80 Å². The van der Waals surface area contributed by atoms with Crippen LogP contribution in [0.25, 0.3) is 0 Å². The molecule has 130 valence electrons. The smallest absolute Gasteiger partial charge is 0.417 e. The minimum absolute atomic E-state index is 0. The first-order valence-electron chi connectivity index (χ1n) is 7.23. The minimum Gasteiger partial charge on any atom is -0.462 e. The maximum Gasteiger partial charge on any atom is 0.417 e. The Bertz CT molecular complexity index is 689. The third-order valence-electron chi connectivity index (χ3n) is 2.91. The fourth-order valence-corrected chi connectivity index (χ4v) is 2.80. The number of amides is 1. The standard InChI is InChI=1S/C16H18N2O4S.BrH/c1-4-21-15(19)12-13(10(2)3)18-23-14(12)17-16(20)22-11-8-6-5-7-9-11;/h5-10H,4H2,1-3H3,(H,17,20);1H. The van der Waals surface area contributed by atoms with Gasteiger partial charge in [0.1, 0.15) is 16.3 Å². The van der Waals surface area contributed by atoms with E-state index in [1.807, 2.05) is 19.9 Å². The van der Waals surface area contributed by atoms with E-state index in [9.17, 15) is 9.59 Å². The number of halogens is 1. The van der Waals surface area contributed by atoms with E-state index in [-0.39, 0.29) is 35.1 Å². The Labute approximate surface area is 155 Å². The average molecular weight is 415 g/mol. The lowest BCUT2D eigenvalue weighted by molar-refractivity contribution is 0.0526. The molecule has 6 nitrogen and oxygen atoms in total. The van der Waals surface area contributed by atoms with Gasteiger partial charge in [-0.15, -0.1) is 17.0 Å². The number of rotatable bonds is 5. The molecule has 2 rings (SSSR count). The summed E-state index contributed by atoms with van der Waals surface area (Å²) in [6, 6.07) is 8.67. The van der Waals surface area contributed by atoms with Crippen LogP contribution >= 0.6 is 28.5 Å². The van der Waals surface area contributed by atoms with E-state index in [0.29, 0.717) is 16.4 Å². The Hall–Kier alpha value is -1.93. The lowest BCUT2D eigenvalue weighted by Crippen LogP contribution is -2.18. The first-order chi connectivity index (χ1) is 11.0. The lowest BCUT2D eigenvalue weighted by Gasteiger charge is -2.09. The summed E-state index contributed by atoms with van der Waals surface area (Å²) in [4.78, 5) is 24.1. The number of ether oxygens (including phenoxy) is 2. The van der Waals surface area contributed by atoms with Gasteiger partial charge in [-0.3, -0.25) is 5.32 Å². The molecule has 1 heterocycles. The number of anilines is 1. The number of nitrogens with zero attached hydrogens (tertiary/aromatic N) is 1. The number of carbonyl (C=O) groups excluding carboxylic acids is 2. The van der Waals surface area contributed by atoms with E-state index in [4.69, 9.17) is 9.47 Å². The lowest BCUT2D eigenvalue weighted by atomic mass is 10.1. The first-order valence-corrected chi connectivity index (χ1v) is 8.00. The molecular formula is C16H19BrN2O4S. The van der Waals surface area contributed by atoms with Crippen LogP contribution < -0.4 is 10.1 Å². The van der Waals surface area contributed by atoms with E-state index in [0.717, 1.165) is 11.5 Å². The zero-order valence-corrected chi connectivity index (χ0v) is 16.1. The van der Waals surface area contributed by atoms with Gasteiger partial charge in [0.15, 0.2) is 0 Å². The van der Waals surface area contributed by atoms with Gasteiger partial charge < -0.3 is 9.47 Å². The van der Waals surface area contributed by atoms with Crippen LogP contribution in [-0.2, 0) is 4.74 Å². The van der Waals surface area contributed by atoms with Gasteiger partial charge in [-0.25, -0.2) is 9.59 Å². The number of benzene rings is 1. The number of esters is 1. The third-order valence-corrected chi connectivity index (χ3v) is 3.69. The molecule has 0 saturated carbocycles. The van der Waals surface area contributed by atoms with Crippen molar-refractivity contribution in [2.45, 2.75) is 26.7 Å². The largest absolute Gasteiger partial charge is 0.462 e. The highest BCUT2D eigenvalue weighted by atomic mass is 79.9. The molecule has 0 bridgehead atoms. The molecule has 0 saturated heterocycles. The molecule has 0 radical (unpaired) electrons. The molecule has 1 aromatic heterocycles. The van der Waals surface area contributed by atoms with Crippen LogP contribution in [0.3, 0.4) is 0 Å². The van der Waals surface area contributed by atoms with Gasteiger partial charge >= 0.3 is 12.1 Å². The number of nitrogens with one attached hydrogen (secondary N) is 1. The van der Waals surface area contributed by atoms with Crippen LogP contribution in [0.15, 0.2) is 30.3 Å². The van der Waals surface area contributed by atoms with Gasteiger partial charge in [-0.1, -0.05) is 32.0 Å². The van der Waals surface area contributed by atoms with Crippen molar-refractivity contribution in [3.63, 3.8) is 0 Å². The summed E-state index contributed by atoms with van der Waals surface area (Å²) in [6.07, 6.45) is -0.680. The summed E-state index contributed by atoms with van der Waals surface area (Å²) in [5.41, 5.74) is 0.889. The van der Waals surface area contributed by atoms with Crippen LogP contribution in [0.2, 0.25) is 0 Å². The van der Waals surface area contributed by atoms with E-state index in [1.54, 1.807) is 31.2 Å². The predicted molar refractivity (Wildman–Crippen MR) is 98.6 cm³/mol. The molecule has 8 heteroatoms. The SMILES string of the molecule is Br.CCOC(=O)c1c(C(C)C)nsc1NC(=O)Oc1ccccc1. The maximum absolute atomic E-state index is 12.1. The molecule has 0 spiro atoms. The Morgan fingerprint density at radius 2 is 1.92 bits per heavy atom. The second kappa shape index (κ2) is 9.39. The van der Waals surface area contributed by atoms with Gasteiger partial charge in [0.05, 0.1) is 12.3 Å². The molecule has 0 fully saturated rings. The second-order valence-corrected chi connectivity index (χ2v) is 5.75. The fraction of sp³-hybridized carbons (Fsp3) is 0.312. The van der Waals surface area contributed by atoms with Crippen molar-refractivity contribution in [3.05, 3.63) is 41.6 Å². The quantitative estimate of drug-likeness (QED) is 0.721. The molecule has 1 aromatic carbocycles. The third kappa shape index (κ3) is 5.04. The summed E-state index contributed by atoms with van der Waals surface area (Å²) < 4.78 is 14.5. The van der Waals surface area contributed by atoms with Crippen LogP contribution in [0.1, 0.15) is 42.7 Å². The molecular weight excluding hydrogens is 396 g/mol. The Balaban J connectivity index is 0.00000288. The average Bonchev–Trinajstić information content (AvgIpc) is 2.92. The van der Waals surface area contributed by atoms with Crippen molar-refractivity contribution in [1.82, 2.24) is 4.37 Å². The Morgan fingerprint density at radius 3 is 2.50 bits per heavy atom. The fourth-order valence-electron chi connectivity index (χ4n) is 1.90. The van der Waals surface area contributed by atoms with E-state index >= 15 is 0 Å². The highest BCUT2D eigenvalue weighted by Gasteiger charge is 2.25. The van der Waals surface area contributed by atoms with Gasteiger partial charge in [0, 0.05) is 0 Å². The van der Waals surface area contributed by atoms with Gasteiger partial charge in [-0.2, -0.15) is 4.37 Å². The van der Waals surface area contributed by atoms with Crippen molar-refractivity contribution in [3.8, 4) is 5.75 Å². The van der Waals surface area contributed by atoms with Crippen LogP contribution in [-0.4, -0.2) is 23.0 Å². The highest BCUT2D eigenvalue weighted by Crippen LogP contribution is 2.30.